The van der Waals surface area contributed by atoms with E-state index in [-0.39, 0.29) is 0 Å². The summed E-state index contributed by atoms with van der Waals surface area (Å²) in [7, 11) is 0. The number of benzene rings is 1. The first kappa shape index (κ1) is 7.16. The molecule has 0 spiro atoms. The molecule has 0 bridgehead atoms. The summed E-state index contributed by atoms with van der Waals surface area (Å²) < 4.78 is 0. The van der Waals surface area contributed by atoms with E-state index in [2.05, 4.69) is 6.58 Å². The van der Waals surface area contributed by atoms with Gasteiger partial charge >= 0.3 is 0 Å². The molecule has 2 heteroatoms. The molecular formula is C8H8ClN. The van der Waals surface area contributed by atoms with Gasteiger partial charge in [0, 0.05) is 16.3 Å². The summed E-state index contributed by atoms with van der Waals surface area (Å²) in [6.07, 6.45) is 0. The van der Waals surface area contributed by atoms with Gasteiger partial charge in [0.25, 0.3) is 0 Å². The molecular weight excluding hydrogens is 146 g/mol. The van der Waals surface area contributed by atoms with E-state index < -0.39 is 0 Å². The average Bonchev–Trinajstić information content (AvgIpc) is 1.88. The summed E-state index contributed by atoms with van der Waals surface area (Å²) in [6.45, 7) is 3.57. The maximum atomic E-state index is 5.63. The minimum atomic E-state index is 0.484. The molecule has 0 saturated carbocycles. The Hall–Kier alpha value is -0.950. The van der Waals surface area contributed by atoms with Crippen molar-refractivity contribution in [2.24, 2.45) is 0 Å². The fourth-order valence-electron chi connectivity index (χ4n) is 0.744. The number of hydrogen-bond donors (Lipinski definition) is 1. The number of halogens is 1. The number of nitrogens with two attached hydrogens (primary N) is 1. The topological polar surface area (TPSA) is 26.0 Å². The Morgan fingerprint density at radius 2 is 2.00 bits per heavy atom. The number of anilines is 1. The van der Waals surface area contributed by atoms with Gasteiger partial charge in [0.1, 0.15) is 0 Å². The minimum absolute atomic E-state index is 0.484. The van der Waals surface area contributed by atoms with Crippen molar-refractivity contribution in [1.29, 1.82) is 0 Å². The molecule has 0 saturated heterocycles. The molecule has 52 valence electrons. The number of nitrogen functional groups attached to an aromatic ring is 1. The molecule has 0 amide bonds. The van der Waals surface area contributed by atoms with Crippen LogP contribution in [0.15, 0.2) is 30.8 Å². The van der Waals surface area contributed by atoms with Gasteiger partial charge in [-0.3, -0.25) is 0 Å². The van der Waals surface area contributed by atoms with E-state index in [1.807, 2.05) is 18.2 Å². The van der Waals surface area contributed by atoms with Gasteiger partial charge in [-0.15, -0.1) is 0 Å². The van der Waals surface area contributed by atoms with E-state index in [0.29, 0.717) is 10.7 Å². The highest BCUT2D eigenvalue weighted by molar-refractivity contribution is 6.48. The Morgan fingerprint density at radius 3 is 2.40 bits per heavy atom. The first-order valence-electron chi connectivity index (χ1n) is 2.91. The maximum Gasteiger partial charge on any atom is 0.0427 e. The molecule has 1 nitrogen and oxygen atoms in total. The van der Waals surface area contributed by atoms with Crippen LogP contribution in [0, 0.1) is 0 Å². The second kappa shape index (κ2) is 2.76. The fourth-order valence-corrected chi connectivity index (χ4v) is 0.916. The number of para-hydroxylation sites is 1. The fraction of sp³-hybridized carbons (Fsp3) is 0. The van der Waals surface area contributed by atoms with Crippen molar-refractivity contribution in [3.05, 3.63) is 36.4 Å². The predicted octanol–water partition coefficient (Wildman–Crippen LogP) is 2.48. The van der Waals surface area contributed by atoms with Crippen molar-refractivity contribution in [2.45, 2.75) is 0 Å². The third-order valence-corrected chi connectivity index (χ3v) is 1.46. The SMILES string of the molecule is C=C(Cl)c1ccccc1N. The molecule has 1 aromatic carbocycles. The maximum absolute atomic E-state index is 5.63. The standard InChI is InChI=1S/C8H8ClN/c1-6(9)7-4-2-3-5-8(7)10/h2-5H,1,10H2. The molecule has 0 atom stereocenters. The third-order valence-electron chi connectivity index (χ3n) is 1.25. The second-order valence-corrected chi connectivity index (χ2v) is 2.45. The van der Waals surface area contributed by atoms with Gasteiger partial charge in [-0.1, -0.05) is 36.4 Å². The first-order valence-corrected chi connectivity index (χ1v) is 3.29. The molecule has 0 aliphatic carbocycles. The summed E-state index contributed by atoms with van der Waals surface area (Å²) in [4.78, 5) is 0. The van der Waals surface area contributed by atoms with E-state index in [0.717, 1.165) is 5.56 Å². The van der Waals surface area contributed by atoms with Crippen molar-refractivity contribution in [2.75, 3.05) is 5.73 Å². The van der Waals surface area contributed by atoms with Crippen LogP contribution in [0.25, 0.3) is 5.03 Å². The van der Waals surface area contributed by atoms with Crippen LogP contribution in [-0.2, 0) is 0 Å². The minimum Gasteiger partial charge on any atom is -0.398 e. The molecule has 0 heterocycles. The lowest BCUT2D eigenvalue weighted by Gasteiger charge is -2.00. The molecule has 2 N–H and O–H groups in total. The van der Waals surface area contributed by atoms with E-state index in [1.54, 1.807) is 6.07 Å². The smallest absolute Gasteiger partial charge is 0.0427 e. The molecule has 1 aromatic rings. The molecule has 0 unspecified atom stereocenters. The average molecular weight is 154 g/mol. The molecule has 0 aliphatic heterocycles. The lowest BCUT2D eigenvalue weighted by Crippen LogP contribution is -1.88. The van der Waals surface area contributed by atoms with Crippen molar-refractivity contribution in [3.63, 3.8) is 0 Å². The van der Waals surface area contributed by atoms with E-state index in [4.69, 9.17) is 17.3 Å². The largest absolute Gasteiger partial charge is 0.398 e. The van der Waals surface area contributed by atoms with Crippen LogP contribution in [0.4, 0.5) is 5.69 Å². The van der Waals surface area contributed by atoms with E-state index >= 15 is 0 Å². The highest BCUT2D eigenvalue weighted by Crippen LogP contribution is 2.21. The Morgan fingerprint density at radius 1 is 1.40 bits per heavy atom. The number of hydrogen-bond acceptors (Lipinski definition) is 1. The van der Waals surface area contributed by atoms with Crippen LogP contribution in [0.2, 0.25) is 0 Å². The van der Waals surface area contributed by atoms with Gasteiger partial charge in [-0.2, -0.15) is 0 Å². The van der Waals surface area contributed by atoms with Gasteiger partial charge in [0.2, 0.25) is 0 Å². The molecule has 0 aliphatic rings. The predicted molar refractivity (Wildman–Crippen MR) is 45.7 cm³/mol. The van der Waals surface area contributed by atoms with Gasteiger partial charge in [-0.25, -0.2) is 0 Å². The molecule has 0 aromatic heterocycles. The van der Waals surface area contributed by atoms with Crippen LogP contribution in [0.1, 0.15) is 5.56 Å². The quantitative estimate of drug-likeness (QED) is 0.617. The molecule has 0 radical (unpaired) electrons. The Kier molecular flexibility index (Phi) is 1.97. The van der Waals surface area contributed by atoms with E-state index in [9.17, 15) is 0 Å². The van der Waals surface area contributed by atoms with Crippen LogP contribution in [-0.4, -0.2) is 0 Å². The monoisotopic (exact) mass is 153 g/mol. The highest BCUT2D eigenvalue weighted by Gasteiger charge is 1.97. The van der Waals surface area contributed by atoms with Crippen molar-refractivity contribution in [1.82, 2.24) is 0 Å². The highest BCUT2D eigenvalue weighted by atomic mass is 35.5. The van der Waals surface area contributed by atoms with Crippen LogP contribution in [0.5, 0.6) is 0 Å². The van der Waals surface area contributed by atoms with Crippen LogP contribution < -0.4 is 5.73 Å². The van der Waals surface area contributed by atoms with Gasteiger partial charge in [0.05, 0.1) is 0 Å². The van der Waals surface area contributed by atoms with E-state index in [1.165, 1.54) is 0 Å². The van der Waals surface area contributed by atoms with Gasteiger partial charge in [0.15, 0.2) is 0 Å². The summed E-state index contributed by atoms with van der Waals surface area (Å²) in [5, 5.41) is 0.484. The van der Waals surface area contributed by atoms with Gasteiger partial charge < -0.3 is 5.73 Å². The third kappa shape index (κ3) is 1.31. The molecule has 10 heavy (non-hydrogen) atoms. The summed E-state index contributed by atoms with van der Waals surface area (Å²) in [5.41, 5.74) is 7.05. The number of rotatable bonds is 1. The molecule has 1 rings (SSSR count). The van der Waals surface area contributed by atoms with Crippen LogP contribution in [0.3, 0.4) is 0 Å². The van der Waals surface area contributed by atoms with Crippen molar-refractivity contribution < 1.29 is 0 Å². The second-order valence-electron chi connectivity index (χ2n) is 1.99. The summed E-state index contributed by atoms with van der Waals surface area (Å²) in [5.74, 6) is 0. The van der Waals surface area contributed by atoms with Crippen molar-refractivity contribution in [3.8, 4) is 0 Å². The zero-order valence-electron chi connectivity index (χ0n) is 5.47. The Balaban J connectivity index is 3.15. The van der Waals surface area contributed by atoms with Crippen molar-refractivity contribution >= 4 is 22.3 Å². The Labute approximate surface area is 65.1 Å². The summed E-state index contributed by atoms with van der Waals surface area (Å²) in [6, 6.07) is 7.37. The van der Waals surface area contributed by atoms with Crippen LogP contribution >= 0.6 is 11.6 Å². The lowest BCUT2D eigenvalue weighted by molar-refractivity contribution is 1.64. The summed E-state index contributed by atoms with van der Waals surface area (Å²) >= 11 is 5.63. The normalized spacial score (nSPS) is 9.30. The lowest BCUT2D eigenvalue weighted by atomic mass is 10.2. The zero-order chi connectivity index (χ0) is 7.56. The first-order chi connectivity index (χ1) is 4.72. The molecule has 0 fully saturated rings. The zero-order valence-corrected chi connectivity index (χ0v) is 6.23. The van der Waals surface area contributed by atoms with Gasteiger partial charge in [-0.05, 0) is 6.07 Å². The Bertz CT molecular complexity index is 255.